The first kappa shape index (κ1) is 21.4. The molecular formula is C14H25NO11. The lowest BCUT2D eigenvalue weighted by Gasteiger charge is -2.46. The molecule has 2 heterocycles. The molecule has 2 aliphatic rings. The average molecular weight is 383 g/mol. The monoisotopic (exact) mass is 383 g/mol. The number of aliphatic hydroxyl groups is 7. The molecule has 26 heavy (non-hydrogen) atoms. The van der Waals surface area contributed by atoms with E-state index in [0.29, 0.717) is 0 Å². The van der Waals surface area contributed by atoms with Crippen molar-refractivity contribution >= 4 is 5.91 Å². The van der Waals surface area contributed by atoms with Gasteiger partial charge in [0, 0.05) is 6.92 Å². The molecule has 0 radical (unpaired) electrons. The van der Waals surface area contributed by atoms with Gasteiger partial charge in [-0.1, -0.05) is 0 Å². The van der Waals surface area contributed by atoms with E-state index in [4.69, 9.17) is 14.2 Å². The number of carbonyl (C=O) groups excluding carboxylic acids is 1. The fraction of sp³-hybridized carbons (Fsp3) is 0.929. The van der Waals surface area contributed by atoms with Crippen LogP contribution in [0.25, 0.3) is 0 Å². The molecular weight excluding hydrogens is 358 g/mol. The second-order valence-electron chi connectivity index (χ2n) is 6.26. The van der Waals surface area contributed by atoms with Crippen LogP contribution < -0.4 is 5.32 Å². The third kappa shape index (κ3) is 4.31. The molecule has 152 valence electrons. The van der Waals surface area contributed by atoms with Crippen LogP contribution in [0.1, 0.15) is 6.92 Å². The maximum absolute atomic E-state index is 11.4. The number of amides is 1. The van der Waals surface area contributed by atoms with E-state index >= 15 is 0 Å². The van der Waals surface area contributed by atoms with Crippen molar-refractivity contribution in [1.29, 1.82) is 0 Å². The highest BCUT2D eigenvalue weighted by molar-refractivity contribution is 5.73. The number of hydrogen-bond donors (Lipinski definition) is 8. The summed E-state index contributed by atoms with van der Waals surface area (Å²) in [5.41, 5.74) is 0. The summed E-state index contributed by atoms with van der Waals surface area (Å²) in [4.78, 5) is 11.4. The Morgan fingerprint density at radius 3 is 2.04 bits per heavy atom. The molecule has 0 saturated carbocycles. The van der Waals surface area contributed by atoms with Crippen LogP contribution >= 0.6 is 0 Å². The number of hydrogen-bond acceptors (Lipinski definition) is 11. The van der Waals surface area contributed by atoms with Crippen LogP contribution in [0.15, 0.2) is 0 Å². The van der Waals surface area contributed by atoms with Crippen LogP contribution in [0.2, 0.25) is 0 Å². The molecule has 0 bridgehead atoms. The van der Waals surface area contributed by atoms with E-state index in [9.17, 15) is 40.5 Å². The Bertz CT molecular complexity index is 478. The van der Waals surface area contributed by atoms with Crippen molar-refractivity contribution in [2.24, 2.45) is 0 Å². The van der Waals surface area contributed by atoms with E-state index in [1.54, 1.807) is 0 Å². The summed E-state index contributed by atoms with van der Waals surface area (Å²) in [5.74, 6) is -0.574. The second kappa shape index (κ2) is 8.84. The van der Waals surface area contributed by atoms with E-state index in [2.05, 4.69) is 5.32 Å². The first-order valence-corrected chi connectivity index (χ1v) is 8.06. The third-order valence-electron chi connectivity index (χ3n) is 4.38. The summed E-state index contributed by atoms with van der Waals surface area (Å²) in [6.45, 7) is -0.195. The first-order valence-electron chi connectivity index (χ1n) is 8.06. The Balaban J connectivity index is 2.21. The van der Waals surface area contributed by atoms with Crippen LogP contribution in [0.5, 0.6) is 0 Å². The van der Waals surface area contributed by atoms with Gasteiger partial charge in [-0.25, -0.2) is 0 Å². The maximum atomic E-state index is 11.4. The molecule has 2 aliphatic heterocycles. The molecule has 8 N–H and O–H groups in total. The Labute approximate surface area is 148 Å². The lowest BCUT2D eigenvalue weighted by Crippen LogP contribution is -2.67. The van der Waals surface area contributed by atoms with Gasteiger partial charge in [0.25, 0.3) is 0 Å². The van der Waals surface area contributed by atoms with Crippen LogP contribution in [0, 0.1) is 0 Å². The number of rotatable bonds is 5. The number of carbonyl (C=O) groups is 1. The summed E-state index contributed by atoms with van der Waals surface area (Å²) in [7, 11) is 0. The third-order valence-corrected chi connectivity index (χ3v) is 4.38. The second-order valence-corrected chi connectivity index (χ2v) is 6.26. The number of aliphatic hydroxyl groups excluding tert-OH is 7. The molecule has 0 aromatic rings. The lowest BCUT2D eigenvalue weighted by molar-refractivity contribution is -0.341. The molecule has 10 atom stereocenters. The highest BCUT2D eigenvalue weighted by Crippen LogP contribution is 2.28. The van der Waals surface area contributed by atoms with Gasteiger partial charge in [0.2, 0.25) is 5.91 Å². The van der Waals surface area contributed by atoms with Crippen molar-refractivity contribution < 1.29 is 54.8 Å². The predicted molar refractivity (Wildman–Crippen MR) is 80.2 cm³/mol. The fourth-order valence-electron chi connectivity index (χ4n) is 2.97. The van der Waals surface area contributed by atoms with Gasteiger partial charge in [0.05, 0.1) is 13.2 Å². The summed E-state index contributed by atoms with van der Waals surface area (Å²) < 4.78 is 15.7. The quantitative estimate of drug-likeness (QED) is 0.226. The minimum atomic E-state index is -1.74. The Hall–Kier alpha value is -0.930. The maximum Gasteiger partial charge on any atom is 0.217 e. The highest BCUT2D eigenvalue weighted by Gasteiger charge is 2.50. The Kier molecular flexibility index (Phi) is 7.27. The first-order chi connectivity index (χ1) is 12.2. The smallest absolute Gasteiger partial charge is 0.217 e. The van der Waals surface area contributed by atoms with E-state index in [-0.39, 0.29) is 0 Å². The van der Waals surface area contributed by atoms with E-state index < -0.39 is 80.5 Å². The van der Waals surface area contributed by atoms with Crippen molar-refractivity contribution in [3.63, 3.8) is 0 Å². The predicted octanol–water partition coefficient (Wildman–Crippen LogP) is -5.25. The molecule has 0 spiro atoms. The van der Waals surface area contributed by atoms with Crippen LogP contribution in [0.4, 0.5) is 0 Å². The molecule has 0 aliphatic carbocycles. The summed E-state index contributed by atoms with van der Waals surface area (Å²) in [5, 5.41) is 70.7. The summed E-state index contributed by atoms with van der Waals surface area (Å²) in [6.07, 6.45) is -13.7. The minimum Gasteiger partial charge on any atom is -0.394 e. The minimum absolute atomic E-state index is 0.574. The van der Waals surface area contributed by atoms with Crippen molar-refractivity contribution in [2.45, 2.75) is 68.3 Å². The normalized spacial score (nSPS) is 46.8. The van der Waals surface area contributed by atoms with E-state index in [0.717, 1.165) is 6.92 Å². The molecule has 0 aromatic heterocycles. The summed E-state index contributed by atoms with van der Waals surface area (Å²) in [6, 6.07) is -1.28. The SMILES string of the molecule is CC(=O)N[C@@H]1[C@H](O[C@H]2O[C@@H](CO)[C@H](O)[C@@H](O)[C@H]2O)[C@@H](O)[C@H](CO)O[C@@H]1O. The average Bonchev–Trinajstić information content (AvgIpc) is 2.60. The van der Waals surface area contributed by atoms with Crippen LogP contribution in [-0.2, 0) is 19.0 Å². The van der Waals surface area contributed by atoms with Gasteiger partial charge in [-0.3, -0.25) is 4.79 Å². The molecule has 2 fully saturated rings. The molecule has 0 unspecified atom stereocenters. The largest absolute Gasteiger partial charge is 0.394 e. The van der Waals surface area contributed by atoms with Gasteiger partial charge >= 0.3 is 0 Å². The number of ether oxygens (including phenoxy) is 3. The van der Waals surface area contributed by atoms with Crippen molar-refractivity contribution in [1.82, 2.24) is 5.32 Å². The molecule has 1 amide bonds. The zero-order valence-electron chi connectivity index (χ0n) is 14.0. The standard InChI is InChI=1S/C14H25NO11/c1-4(18)15-7-12(9(20)6(3-17)24-13(7)23)26-14-11(22)10(21)8(19)5(2-16)25-14/h5-14,16-17,19-23H,2-3H2,1H3,(H,15,18)/t5-,6-,7+,8-,9-,10+,11+,12-,13-,14+/m0/s1. The molecule has 2 rings (SSSR count). The Morgan fingerprint density at radius 1 is 0.923 bits per heavy atom. The van der Waals surface area contributed by atoms with Gasteiger partial charge in [-0.15, -0.1) is 0 Å². The van der Waals surface area contributed by atoms with Gasteiger partial charge in [-0.05, 0) is 0 Å². The van der Waals surface area contributed by atoms with E-state index in [1.807, 2.05) is 0 Å². The molecule has 12 heteroatoms. The van der Waals surface area contributed by atoms with Crippen LogP contribution in [-0.4, -0.2) is 116 Å². The zero-order chi connectivity index (χ0) is 19.6. The van der Waals surface area contributed by atoms with E-state index in [1.165, 1.54) is 0 Å². The fourth-order valence-corrected chi connectivity index (χ4v) is 2.97. The highest BCUT2D eigenvalue weighted by atomic mass is 16.7. The lowest BCUT2D eigenvalue weighted by atomic mass is 9.95. The molecule has 0 aromatic carbocycles. The number of nitrogens with one attached hydrogen (secondary N) is 1. The molecule has 12 nitrogen and oxygen atoms in total. The zero-order valence-corrected chi connectivity index (χ0v) is 14.0. The van der Waals surface area contributed by atoms with Gasteiger partial charge in [-0.2, -0.15) is 0 Å². The summed E-state index contributed by atoms with van der Waals surface area (Å²) >= 11 is 0. The van der Waals surface area contributed by atoms with Crippen LogP contribution in [0.3, 0.4) is 0 Å². The van der Waals surface area contributed by atoms with Crippen molar-refractivity contribution in [3.8, 4) is 0 Å². The van der Waals surface area contributed by atoms with Gasteiger partial charge < -0.3 is 55.3 Å². The Morgan fingerprint density at radius 2 is 1.50 bits per heavy atom. The van der Waals surface area contributed by atoms with Gasteiger partial charge in [0.1, 0.15) is 48.8 Å². The van der Waals surface area contributed by atoms with Crippen molar-refractivity contribution in [3.05, 3.63) is 0 Å². The molecule has 2 saturated heterocycles. The van der Waals surface area contributed by atoms with Crippen molar-refractivity contribution in [2.75, 3.05) is 13.2 Å². The topological polar surface area (TPSA) is 198 Å². The van der Waals surface area contributed by atoms with Gasteiger partial charge in [0.15, 0.2) is 12.6 Å².